The summed E-state index contributed by atoms with van der Waals surface area (Å²) in [5.74, 6) is -1.78. The van der Waals surface area contributed by atoms with Gasteiger partial charge in [-0.3, -0.25) is 10.1 Å². The average molecular weight is 272 g/mol. The zero-order valence-corrected chi connectivity index (χ0v) is 11.2. The maximum absolute atomic E-state index is 11.9. The Morgan fingerprint density at radius 3 is 2.32 bits per heavy atom. The van der Waals surface area contributed by atoms with Crippen LogP contribution in [0.15, 0.2) is 0 Å². The molecule has 0 aromatic heterocycles. The van der Waals surface area contributed by atoms with Crippen LogP contribution in [-0.4, -0.2) is 53.2 Å². The van der Waals surface area contributed by atoms with Gasteiger partial charge in [0.2, 0.25) is 0 Å². The molecule has 2 N–H and O–H groups in total. The summed E-state index contributed by atoms with van der Waals surface area (Å²) < 4.78 is 4.62. The molecule has 0 spiro atoms. The van der Waals surface area contributed by atoms with Crippen molar-refractivity contribution in [1.82, 2.24) is 10.2 Å². The second kappa shape index (κ2) is 7.08. The van der Waals surface area contributed by atoms with Crippen molar-refractivity contribution >= 4 is 17.9 Å². The lowest BCUT2D eigenvalue weighted by Crippen LogP contribution is -2.53. The number of rotatable bonds is 4. The minimum absolute atomic E-state index is 0.0940. The molecule has 3 amide bonds. The molecule has 19 heavy (non-hydrogen) atoms. The van der Waals surface area contributed by atoms with Gasteiger partial charge in [-0.05, 0) is 33.1 Å². The van der Waals surface area contributed by atoms with E-state index in [1.54, 1.807) is 4.90 Å². The minimum atomic E-state index is -1.16. The molecular formula is C12H20N2O5. The zero-order valence-electron chi connectivity index (χ0n) is 11.2. The average Bonchev–Trinajstić information content (AvgIpc) is 2.27. The molecule has 1 aliphatic rings. The van der Waals surface area contributed by atoms with E-state index in [2.05, 4.69) is 10.1 Å². The van der Waals surface area contributed by atoms with Crippen molar-refractivity contribution in [2.45, 2.75) is 45.2 Å². The molecule has 7 nitrogen and oxygen atoms in total. The van der Waals surface area contributed by atoms with Gasteiger partial charge in [-0.1, -0.05) is 0 Å². The van der Waals surface area contributed by atoms with E-state index in [0.717, 1.165) is 19.3 Å². The van der Waals surface area contributed by atoms with Gasteiger partial charge in [0.15, 0.2) is 0 Å². The molecule has 0 bridgehead atoms. The standard InChI is InChI=1S/C12H20N2O5/c1-8-4-3-5-9(2)14(8)12(18)13-10(15)6-19-7-11(16)17/h8-9H,3-7H2,1-2H3,(H,16,17)(H,13,15,18). The van der Waals surface area contributed by atoms with Crippen LogP contribution in [0.5, 0.6) is 0 Å². The highest BCUT2D eigenvalue weighted by Crippen LogP contribution is 2.22. The fourth-order valence-electron chi connectivity index (χ4n) is 2.27. The molecule has 1 aliphatic heterocycles. The molecule has 0 aromatic carbocycles. The summed E-state index contributed by atoms with van der Waals surface area (Å²) in [7, 11) is 0. The van der Waals surface area contributed by atoms with Gasteiger partial charge in [-0.2, -0.15) is 0 Å². The first-order valence-electron chi connectivity index (χ1n) is 6.33. The number of ether oxygens (including phenoxy) is 1. The van der Waals surface area contributed by atoms with Crippen molar-refractivity contribution in [2.75, 3.05) is 13.2 Å². The van der Waals surface area contributed by atoms with Crippen molar-refractivity contribution in [3.63, 3.8) is 0 Å². The first-order chi connectivity index (χ1) is 8.91. The molecule has 0 aliphatic carbocycles. The zero-order chi connectivity index (χ0) is 14.4. The van der Waals surface area contributed by atoms with Gasteiger partial charge in [-0.25, -0.2) is 9.59 Å². The Kier molecular flexibility index (Phi) is 5.75. The van der Waals surface area contributed by atoms with Crippen LogP contribution >= 0.6 is 0 Å². The predicted octanol–water partition coefficient (Wildman–Crippen LogP) is 0.587. The monoisotopic (exact) mass is 272 g/mol. The molecular weight excluding hydrogens is 252 g/mol. The first kappa shape index (κ1) is 15.4. The second-order valence-electron chi connectivity index (χ2n) is 4.78. The lowest BCUT2D eigenvalue weighted by Gasteiger charge is -2.38. The molecule has 1 heterocycles. The highest BCUT2D eigenvalue weighted by atomic mass is 16.5. The number of aliphatic carboxylic acids is 1. The van der Waals surface area contributed by atoms with Crippen molar-refractivity contribution in [2.24, 2.45) is 0 Å². The molecule has 1 rings (SSSR count). The highest BCUT2D eigenvalue weighted by Gasteiger charge is 2.29. The fraction of sp³-hybridized carbons (Fsp3) is 0.750. The Morgan fingerprint density at radius 2 is 1.79 bits per heavy atom. The van der Waals surface area contributed by atoms with E-state index in [1.807, 2.05) is 13.8 Å². The number of hydrogen-bond donors (Lipinski definition) is 2. The fourth-order valence-corrected chi connectivity index (χ4v) is 2.27. The summed E-state index contributed by atoms with van der Waals surface area (Å²) in [6.45, 7) is 2.90. The van der Waals surface area contributed by atoms with E-state index in [-0.39, 0.29) is 12.1 Å². The number of carbonyl (C=O) groups is 3. The van der Waals surface area contributed by atoms with Crippen molar-refractivity contribution < 1.29 is 24.2 Å². The maximum Gasteiger partial charge on any atom is 0.329 e. The van der Waals surface area contributed by atoms with Crippen LogP contribution in [-0.2, 0) is 14.3 Å². The summed E-state index contributed by atoms with van der Waals surface area (Å²) in [6, 6.07) is -0.253. The molecule has 1 fully saturated rings. The van der Waals surface area contributed by atoms with Gasteiger partial charge in [0.25, 0.3) is 5.91 Å². The first-order valence-corrected chi connectivity index (χ1v) is 6.33. The third-order valence-corrected chi connectivity index (χ3v) is 3.13. The Labute approximate surface area is 111 Å². The third-order valence-electron chi connectivity index (χ3n) is 3.13. The summed E-state index contributed by atoms with van der Waals surface area (Å²) >= 11 is 0. The van der Waals surface area contributed by atoms with Crippen LogP contribution in [0.2, 0.25) is 0 Å². The maximum atomic E-state index is 11.9. The molecule has 7 heteroatoms. The third kappa shape index (κ3) is 4.86. The van der Waals surface area contributed by atoms with Gasteiger partial charge in [0.05, 0.1) is 0 Å². The van der Waals surface area contributed by atoms with Crippen LogP contribution in [0.3, 0.4) is 0 Å². The normalized spacial score (nSPS) is 22.9. The number of imide groups is 1. The predicted molar refractivity (Wildman–Crippen MR) is 66.6 cm³/mol. The summed E-state index contributed by atoms with van der Waals surface area (Å²) in [5, 5.41) is 10.6. The molecule has 0 radical (unpaired) electrons. The van der Waals surface area contributed by atoms with E-state index < -0.39 is 31.1 Å². The van der Waals surface area contributed by atoms with E-state index in [0.29, 0.717) is 0 Å². The second-order valence-corrected chi connectivity index (χ2v) is 4.78. The highest BCUT2D eigenvalue weighted by molar-refractivity contribution is 5.95. The van der Waals surface area contributed by atoms with E-state index in [1.165, 1.54) is 0 Å². The van der Waals surface area contributed by atoms with Gasteiger partial charge >= 0.3 is 12.0 Å². The van der Waals surface area contributed by atoms with Gasteiger partial charge in [0, 0.05) is 12.1 Å². The van der Waals surface area contributed by atoms with Gasteiger partial charge < -0.3 is 14.7 Å². The molecule has 0 aromatic rings. The van der Waals surface area contributed by atoms with Gasteiger partial charge in [0.1, 0.15) is 13.2 Å². The number of amides is 3. The number of nitrogens with zero attached hydrogens (tertiary/aromatic N) is 1. The number of carbonyl (C=O) groups excluding carboxylic acids is 2. The minimum Gasteiger partial charge on any atom is -0.480 e. The van der Waals surface area contributed by atoms with Crippen LogP contribution in [0, 0.1) is 0 Å². The molecule has 2 atom stereocenters. The number of nitrogens with one attached hydrogen (secondary N) is 1. The topological polar surface area (TPSA) is 95.9 Å². The summed E-state index contributed by atoms with van der Waals surface area (Å²) in [4.78, 5) is 35.2. The number of piperidine rings is 1. The molecule has 0 saturated carbocycles. The smallest absolute Gasteiger partial charge is 0.329 e. The number of likely N-dealkylation sites (tertiary alicyclic amines) is 1. The Hall–Kier alpha value is -1.63. The Balaban J connectivity index is 2.40. The Bertz CT molecular complexity index is 348. The molecule has 108 valence electrons. The van der Waals surface area contributed by atoms with Crippen LogP contribution in [0.25, 0.3) is 0 Å². The number of hydrogen-bond acceptors (Lipinski definition) is 4. The summed E-state index contributed by atoms with van der Waals surface area (Å²) in [5.41, 5.74) is 0. The van der Waals surface area contributed by atoms with E-state index in [4.69, 9.17) is 5.11 Å². The lowest BCUT2D eigenvalue weighted by molar-refractivity contribution is -0.143. The van der Waals surface area contributed by atoms with Gasteiger partial charge in [-0.15, -0.1) is 0 Å². The SMILES string of the molecule is CC1CCCC(C)N1C(=O)NC(=O)COCC(=O)O. The van der Waals surface area contributed by atoms with Crippen molar-refractivity contribution in [3.8, 4) is 0 Å². The number of carboxylic acids is 1. The largest absolute Gasteiger partial charge is 0.480 e. The van der Waals surface area contributed by atoms with E-state index >= 15 is 0 Å². The summed E-state index contributed by atoms with van der Waals surface area (Å²) in [6.07, 6.45) is 2.91. The lowest BCUT2D eigenvalue weighted by atomic mass is 9.98. The van der Waals surface area contributed by atoms with Crippen LogP contribution in [0.4, 0.5) is 4.79 Å². The quantitative estimate of drug-likeness (QED) is 0.780. The van der Waals surface area contributed by atoms with E-state index in [9.17, 15) is 14.4 Å². The van der Waals surface area contributed by atoms with Crippen molar-refractivity contribution in [1.29, 1.82) is 0 Å². The number of carboxylic acid groups (broad SMARTS) is 1. The molecule has 2 unspecified atom stereocenters. The van der Waals surface area contributed by atoms with Crippen LogP contribution in [0.1, 0.15) is 33.1 Å². The van der Waals surface area contributed by atoms with Crippen molar-refractivity contribution in [3.05, 3.63) is 0 Å². The van der Waals surface area contributed by atoms with Crippen LogP contribution < -0.4 is 5.32 Å². The molecule has 1 saturated heterocycles. The number of urea groups is 1. The Morgan fingerprint density at radius 1 is 1.21 bits per heavy atom.